The lowest BCUT2D eigenvalue weighted by Crippen LogP contribution is -2.34. The third-order valence-corrected chi connectivity index (χ3v) is 4.69. The normalized spacial score (nSPS) is 13.7. The molecule has 0 spiro atoms. The third-order valence-electron chi connectivity index (χ3n) is 4.69. The molecule has 1 aliphatic heterocycles. The van der Waals surface area contributed by atoms with Crippen molar-refractivity contribution in [1.29, 1.82) is 0 Å². The molecule has 138 valence electrons. The van der Waals surface area contributed by atoms with Crippen LogP contribution in [0.5, 0.6) is 11.5 Å². The average molecular weight is 354 g/mol. The molecule has 2 aromatic carbocycles. The fourth-order valence-electron chi connectivity index (χ4n) is 3.05. The first-order valence-electron chi connectivity index (χ1n) is 8.88. The molecule has 0 N–H and O–H groups in total. The Bertz CT molecular complexity index is 746. The molecular formula is C21H26N2O3. The number of fused-ring (bicyclic) bond motifs is 1. The van der Waals surface area contributed by atoms with Gasteiger partial charge < -0.3 is 19.3 Å². The van der Waals surface area contributed by atoms with Crippen molar-refractivity contribution in [1.82, 2.24) is 9.80 Å². The topological polar surface area (TPSA) is 42.0 Å². The van der Waals surface area contributed by atoms with Gasteiger partial charge in [-0.3, -0.25) is 4.79 Å². The summed E-state index contributed by atoms with van der Waals surface area (Å²) in [6.45, 7) is 1.82. The Balaban J connectivity index is 1.82. The molecule has 26 heavy (non-hydrogen) atoms. The van der Waals surface area contributed by atoms with Crippen LogP contribution in [0.1, 0.15) is 23.5 Å². The predicted molar refractivity (Wildman–Crippen MR) is 102 cm³/mol. The minimum atomic E-state index is -0.0139. The average Bonchev–Trinajstić information content (AvgIpc) is 3.12. The summed E-state index contributed by atoms with van der Waals surface area (Å²) >= 11 is 0. The zero-order chi connectivity index (χ0) is 18.5. The van der Waals surface area contributed by atoms with Crippen LogP contribution in [0.25, 0.3) is 0 Å². The van der Waals surface area contributed by atoms with Crippen LogP contribution >= 0.6 is 0 Å². The summed E-state index contributed by atoms with van der Waals surface area (Å²) in [5.74, 6) is 1.63. The van der Waals surface area contributed by atoms with Crippen molar-refractivity contribution in [3.05, 3.63) is 59.7 Å². The summed E-state index contributed by atoms with van der Waals surface area (Å²) in [7, 11) is 5.89. The first-order chi connectivity index (χ1) is 12.5. The molecule has 0 radical (unpaired) electrons. The number of hydrogen-bond acceptors (Lipinski definition) is 4. The van der Waals surface area contributed by atoms with Crippen LogP contribution in [0.15, 0.2) is 48.5 Å². The molecule has 5 heteroatoms. The van der Waals surface area contributed by atoms with Gasteiger partial charge in [0.05, 0.1) is 0 Å². The highest BCUT2D eigenvalue weighted by atomic mass is 16.7. The lowest BCUT2D eigenvalue weighted by Gasteiger charge is -2.24. The van der Waals surface area contributed by atoms with Gasteiger partial charge in [-0.1, -0.05) is 36.4 Å². The first kappa shape index (κ1) is 18.3. The van der Waals surface area contributed by atoms with E-state index in [1.54, 1.807) is 0 Å². The lowest BCUT2D eigenvalue weighted by molar-refractivity contribution is -0.130. The number of carbonyl (C=O) groups excluding carboxylic acids is 1. The van der Waals surface area contributed by atoms with E-state index >= 15 is 0 Å². The van der Waals surface area contributed by atoms with Gasteiger partial charge in [0.1, 0.15) is 0 Å². The molecule has 0 aliphatic carbocycles. The second-order valence-electron chi connectivity index (χ2n) is 6.90. The Morgan fingerprint density at radius 2 is 1.69 bits per heavy atom. The van der Waals surface area contributed by atoms with Gasteiger partial charge in [-0.25, -0.2) is 0 Å². The smallest absolute Gasteiger partial charge is 0.231 e. The number of nitrogens with zero attached hydrogens (tertiary/aromatic N) is 2. The molecule has 3 rings (SSSR count). The highest BCUT2D eigenvalue weighted by Gasteiger charge is 2.23. The van der Waals surface area contributed by atoms with Crippen molar-refractivity contribution >= 4 is 5.91 Å². The van der Waals surface area contributed by atoms with Gasteiger partial charge in [0.25, 0.3) is 0 Å². The second-order valence-corrected chi connectivity index (χ2v) is 6.90. The van der Waals surface area contributed by atoms with E-state index in [9.17, 15) is 4.79 Å². The molecule has 1 amide bonds. The Morgan fingerprint density at radius 3 is 2.42 bits per heavy atom. The molecule has 0 fully saturated rings. The minimum Gasteiger partial charge on any atom is -0.454 e. The number of carbonyl (C=O) groups is 1. The maximum Gasteiger partial charge on any atom is 0.231 e. The molecule has 1 atom stereocenters. The molecule has 1 heterocycles. The molecule has 2 aromatic rings. The molecule has 0 bridgehead atoms. The standard InChI is InChI=1S/C21H26N2O3/c1-22(2)11-12-23(3)21(24)14-18(16-7-5-4-6-8-16)17-9-10-19-20(13-17)26-15-25-19/h4-10,13,18H,11-12,14-15H2,1-3H3/t18-/m0/s1. The van der Waals surface area contributed by atoms with Gasteiger partial charge in [0.2, 0.25) is 12.7 Å². The highest BCUT2D eigenvalue weighted by molar-refractivity contribution is 5.77. The zero-order valence-corrected chi connectivity index (χ0v) is 15.6. The summed E-state index contributed by atoms with van der Waals surface area (Å²) < 4.78 is 10.9. The zero-order valence-electron chi connectivity index (χ0n) is 15.6. The largest absolute Gasteiger partial charge is 0.454 e. The van der Waals surface area contributed by atoms with E-state index in [0.717, 1.165) is 29.2 Å². The van der Waals surface area contributed by atoms with Crippen LogP contribution in [0.4, 0.5) is 0 Å². The van der Waals surface area contributed by atoms with Crippen LogP contribution in [-0.4, -0.2) is 56.7 Å². The van der Waals surface area contributed by atoms with Gasteiger partial charge in [-0.05, 0) is 37.4 Å². The SMILES string of the molecule is CN(C)CCN(C)C(=O)C[C@@H](c1ccccc1)c1ccc2c(c1)OCO2. The fraction of sp³-hybridized carbons (Fsp3) is 0.381. The highest BCUT2D eigenvalue weighted by Crippen LogP contribution is 2.37. The monoisotopic (exact) mass is 354 g/mol. The van der Waals surface area contributed by atoms with Gasteiger partial charge in [-0.15, -0.1) is 0 Å². The molecule has 0 saturated heterocycles. The quantitative estimate of drug-likeness (QED) is 0.767. The van der Waals surface area contributed by atoms with E-state index in [1.807, 2.05) is 62.4 Å². The number of benzene rings is 2. The van der Waals surface area contributed by atoms with Crippen LogP contribution in [0.3, 0.4) is 0 Å². The molecule has 1 aliphatic rings. The van der Waals surface area contributed by atoms with Crippen LogP contribution < -0.4 is 9.47 Å². The van der Waals surface area contributed by atoms with Crippen LogP contribution in [-0.2, 0) is 4.79 Å². The first-order valence-corrected chi connectivity index (χ1v) is 8.88. The summed E-state index contributed by atoms with van der Waals surface area (Å²) in [4.78, 5) is 16.7. The summed E-state index contributed by atoms with van der Waals surface area (Å²) in [5.41, 5.74) is 2.19. The lowest BCUT2D eigenvalue weighted by atomic mass is 9.88. The number of likely N-dealkylation sites (N-methyl/N-ethyl adjacent to an activating group) is 2. The van der Waals surface area contributed by atoms with Crippen molar-refractivity contribution in [3.63, 3.8) is 0 Å². The molecular weight excluding hydrogens is 328 g/mol. The summed E-state index contributed by atoms with van der Waals surface area (Å²) in [5, 5.41) is 0. The second kappa shape index (κ2) is 8.23. The van der Waals surface area contributed by atoms with Gasteiger partial charge in [0, 0.05) is 32.5 Å². The Hall–Kier alpha value is -2.53. The van der Waals surface area contributed by atoms with E-state index in [1.165, 1.54) is 0 Å². The maximum atomic E-state index is 12.8. The minimum absolute atomic E-state index is 0.0139. The van der Waals surface area contributed by atoms with Gasteiger partial charge in [0.15, 0.2) is 11.5 Å². The van der Waals surface area contributed by atoms with E-state index in [0.29, 0.717) is 13.0 Å². The molecule has 0 unspecified atom stereocenters. The molecule has 5 nitrogen and oxygen atoms in total. The summed E-state index contributed by atoms with van der Waals surface area (Å²) in [6, 6.07) is 16.1. The Kier molecular flexibility index (Phi) is 5.78. The van der Waals surface area contributed by atoms with Gasteiger partial charge >= 0.3 is 0 Å². The van der Waals surface area contributed by atoms with E-state index in [2.05, 4.69) is 17.0 Å². The van der Waals surface area contributed by atoms with Crippen molar-refractivity contribution in [2.45, 2.75) is 12.3 Å². The Labute approximate surface area is 155 Å². The molecule has 0 saturated carbocycles. The summed E-state index contributed by atoms with van der Waals surface area (Å²) in [6.07, 6.45) is 0.424. The maximum absolute atomic E-state index is 12.8. The van der Waals surface area contributed by atoms with Gasteiger partial charge in [-0.2, -0.15) is 0 Å². The van der Waals surface area contributed by atoms with Crippen molar-refractivity contribution in [2.75, 3.05) is 41.0 Å². The van der Waals surface area contributed by atoms with E-state index < -0.39 is 0 Å². The number of rotatable bonds is 7. The molecule has 0 aromatic heterocycles. The van der Waals surface area contributed by atoms with E-state index in [-0.39, 0.29) is 18.6 Å². The third kappa shape index (κ3) is 4.35. The number of hydrogen-bond donors (Lipinski definition) is 0. The van der Waals surface area contributed by atoms with Crippen molar-refractivity contribution in [2.24, 2.45) is 0 Å². The van der Waals surface area contributed by atoms with E-state index in [4.69, 9.17) is 9.47 Å². The predicted octanol–water partition coefficient (Wildman–Crippen LogP) is 2.96. The fourth-order valence-corrected chi connectivity index (χ4v) is 3.05. The number of amides is 1. The van der Waals surface area contributed by atoms with Crippen LogP contribution in [0.2, 0.25) is 0 Å². The van der Waals surface area contributed by atoms with Crippen molar-refractivity contribution < 1.29 is 14.3 Å². The van der Waals surface area contributed by atoms with Crippen LogP contribution in [0, 0.1) is 0 Å². The van der Waals surface area contributed by atoms with Crippen molar-refractivity contribution in [3.8, 4) is 11.5 Å². The number of ether oxygens (including phenoxy) is 2. The Morgan fingerprint density at radius 1 is 0.962 bits per heavy atom.